The molecule has 0 aliphatic carbocycles. The maximum Gasteiger partial charge on any atom is 0.171 e. The van der Waals surface area contributed by atoms with Gasteiger partial charge in [-0.25, -0.2) is 4.98 Å². The van der Waals surface area contributed by atoms with E-state index in [1.165, 1.54) is 0 Å². The fourth-order valence-corrected chi connectivity index (χ4v) is 2.16. The summed E-state index contributed by atoms with van der Waals surface area (Å²) in [7, 11) is 1.64. The first-order valence-electron chi connectivity index (χ1n) is 5.65. The van der Waals surface area contributed by atoms with Gasteiger partial charge in [0.15, 0.2) is 11.6 Å². The van der Waals surface area contributed by atoms with Crippen LogP contribution in [-0.2, 0) is 0 Å². The van der Waals surface area contributed by atoms with Crippen LogP contribution in [-0.4, -0.2) is 31.9 Å². The summed E-state index contributed by atoms with van der Waals surface area (Å²) in [5.74, 6) is 1.74. The zero-order valence-electron chi connectivity index (χ0n) is 9.53. The number of methoxy groups -OCH3 is 1. The minimum atomic E-state index is -0.244. The smallest absolute Gasteiger partial charge is 0.171 e. The van der Waals surface area contributed by atoms with Gasteiger partial charge >= 0.3 is 0 Å². The number of aromatic nitrogens is 1. The molecule has 1 aliphatic rings. The van der Waals surface area contributed by atoms with Gasteiger partial charge in [0.2, 0.25) is 0 Å². The van der Waals surface area contributed by atoms with E-state index in [0.717, 1.165) is 37.5 Å². The van der Waals surface area contributed by atoms with Gasteiger partial charge in [0.05, 0.1) is 13.8 Å². The fourth-order valence-electron chi connectivity index (χ4n) is 2.16. The molecular weight excluding hydrogens is 207 g/mol. The molecule has 88 valence electrons. The first-order chi connectivity index (χ1) is 7.85. The third kappa shape index (κ3) is 2.26. The molecule has 0 radical (unpaired) electrons. The van der Waals surface area contributed by atoms with Crippen LogP contribution in [0.1, 0.15) is 12.8 Å². The summed E-state index contributed by atoms with van der Waals surface area (Å²) >= 11 is 0. The van der Waals surface area contributed by atoms with E-state index in [2.05, 4.69) is 9.88 Å². The predicted octanol–water partition coefficient (Wildman–Crippen LogP) is 2.28. The Morgan fingerprint density at radius 1 is 1.62 bits per heavy atom. The third-order valence-corrected chi connectivity index (χ3v) is 3.01. The van der Waals surface area contributed by atoms with E-state index in [4.69, 9.17) is 4.74 Å². The average molecular weight is 224 g/mol. The number of anilines is 1. The quantitative estimate of drug-likeness (QED) is 0.787. The molecule has 2 heterocycles. The fraction of sp³-hybridized carbons (Fsp3) is 0.583. The van der Waals surface area contributed by atoms with Crippen LogP contribution in [0, 0.1) is 5.92 Å². The lowest BCUT2D eigenvalue weighted by atomic mass is 9.99. The number of rotatable bonds is 3. The van der Waals surface area contributed by atoms with Crippen LogP contribution < -0.4 is 9.64 Å². The summed E-state index contributed by atoms with van der Waals surface area (Å²) in [6, 6.07) is 3.74. The van der Waals surface area contributed by atoms with E-state index in [-0.39, 0.29) is 12.6 Å². The molecular formula is C12H17FN2O. The minimum Gasteiger partial charge on any atom is -0.493 e. The van der Waals surface area contributed by atoms with Gasteiger partial charge in [-0.1, -0.05) is 0 Å². The Hall–Kier alpha value is -1.32. The summed E-state index contributed by atoms with van der Waals surface area (Å²) in [6.07, 6.45) is 3.74. The van der Waals surface area contributed by atoms with Gasteiger partial charge in [-0.2, -0.15) is 0 Å². The van der Waals surface area contributed by atoms with E-state index in [0.29, 0.717) is 0 Å². The summed E-state index contributed by atoms with van der Waals surface area (Å²) in [5.41, 5.74) is 0. The molecule has 4 heteroatoms. The predicted molar refractivity (Wildman–Crippen MR) is 61.7 cm³/mol. The van der Waals surface area contributed by atoms with E-state index in [1.807, 2.05) is 12.1 Å². The Bertz CT molecular complexity index is 346. The second-order valence-electron chi connectivity index (χ2n) is 4.14. The highest BCUT2D eigenvalue weighted by Crippen LogP contribution is 2.29. The Kier molecular flexibility index (Phi) is 3.59. The van der Waals surface area contributed by atoms with E-state index in [9.17, 15) is 4.39 Å². The van der Waals surface area contributed by atoms with Crippen molar-refractivity contribution >= 4 is 5.82 Å². The van der Waals surface area contributed by atoms with Crippen molar-refractivity contribution in [1.82, 2.24) is 4.98 Å². The number of pyridine rings is 1. The third-order valence-electron chi connectivity index (χ3n) is 3.01. The van der Waals surface area contributed by atoms with Crippen molar-refractivity contribution in [3.63, 3.8) is 0 Å². The van der Waals surface area contributed by atoms with Crippen molar-refractivity contribution in [2.75, 3.05) is 31.8 Å². The molecule has 0 amide bonds. The van der Waals surface area contributed by atoms with Crippen LogP contribution in [0.5, 0.6) is 5.75 Å². The van der Waals surface area contributed by atoms with Crippen LogP contribution in [0.2, 0.25) is 0 Å². The highest BCUT2D eigenvalue weighted by atomic mass is 19.1. The lowest BCUT2D eigenvalue weighted by Crippen LogP contribution is -2.36. The molecule has 0 bridgehead atoms. The highest BCUT2D eigenvalue weighted by Gasteiger charge is 2.22. The number of halogens is 1. The van der Waals surface area contributed by atoms with Crippen molar-refractivity contribution < 1.29 is 9.13 Å². The van der Waals surface area contributed by atoms with Crippen LogP contribution >= 0.6 is 0 Å². The van der Waals surface area contributed by atoms with Gasteiger partial charge in [-0.05, 0) is 25.0 Å². The monoisotopic (exact) mass is 224 g/mol. The van der Waals surface area contributed by atoms with Crippen LogP contribution in [0.25, 0.3) is 0 Å². The van der Waals surface area contributed by atoms with E-state index in [1.54, 1.807) is 13.3 Å². The Morgan fingerprint density at radius 3 is 3.25 bits per heavy atom. The SMILES string of the molecule is COc1cccnc1N1CCCC(CF)C1. The number of hydrogen-bond acceptors (Lipinski definition) is 3. The van der Waals surface area contributed by atoms with Crippen molar-refractivity contribution in [2.24, 2.45) is 5.92 Å². The molecule has 1 fully saturated rings. The zero-order chi connectivity index (χ0) is 11.4. The normalized spacial score (nSPS) is 20.9. The molecule has 1 atom stereocenters. The number of nitrogens with zero attached hydrogens (tertiary/aromatic N) is 2. The summed E-state index contributed by atoms with van der Waals surface area (Å²) in [5, 5.41) is 0. The van der Waals surface area contributed by atoms with Gasteiger partial charge in [0.1, 0.15) is 0 Å². The van der Waals surface area contributed by atoms with Gasteiger partial charge in [0, 0.05) is 25.2 Å². The Morgan fingerprint density at radius 2 is 2.50 bits per heavy atom. The lowest BCUT2D eigenvalue weighted by Gasteiger charge is -2.32. The summed E-state index contributed by atoms with van der Waals surface area (Å²) < 4.78 is 17.9. The Labute approximate surface area is 95.2 Å². The number of ether oxygens (including phenoxy) is 1. The molecule has 2 rings (SSSR count). The second kappa shape index (κ2) is 5.14. The first-order valence-corrected chi connectivity index (χ1v) is 5.65. The molecule has 1 aromatic heterocycles. The molecule has 0 spiro atoms. The first kappa shape index (κ1) is 11.2. The molecule has 1 aromatic rings. The minimum absolute atomic E-state index is 0.139. The van der Waals surface area contributed by atoms with Gasteiger partial charge in [0.25, 0.3) is 0 Å². The molecule has 0 aromatic carbocycles. The highest BCUT2D eigenvalue weighted by molar-refractivity contribution is 5.52. The van der Waals surface area contributed by atoms with E-state index < -0.39 is 0 Å². The summed E-state index contributed by atoms with van der Waals surface area (Å²) in [6.45, 7) is 1.43. The van der Waals surface area contributed by atoms with Gasteiger partial charge in [-0.15, -0.1) is 0 Å². The molecule has 0 saturated carbocycles. The number of piperidine rings is 1. The van der Waals surface area contributed by atoms with E-state index >= 15 is 0 Å². The largest absolute Gasteiger partial charge is 0.493 e. The standard InChI is InChI=1S/C12H17FN2O/c1-16-11-5-2-6-14-12(11)15-7-3-4-10(8-13)9-15/h2,5-6,10H,3-4,7-9H2,1H3. The van der Waals surface area contributed by atoms with Crippen LogP contribution in [0.3, 0.4) is 0 Å². The van der Waals surface area contributed by atoms with Crippen molar-refractivity contribution in [2.45, 2.75) is 12.8 Å². The maximum absolute atomic E-state index is 12.7. The van der Waals surface area contributed by atoms with Crippen molar-refractivity contribution in [3.8, 4) is 5.75 Å². The van der Waals surface area contributed by atoms with Crippen LogP contribution in [0.4, 0.5) is 10.2 Å². The Balaban J connectivity index is 2.16. The van der Waals surface area contributed by atoms with Crippen LogP contribution in [0.15, 0.2) is 18.3 Å². The number of hydrogen-bond donors (Lipinski definition) is 0. The topological polar surface area (TPSA) is 25.4 Å². The molecule has 1 aliphatic heterocycles. The number of alkyl halides is 1. The van der Waals surface area contributed by atoms with Crippen molar-refractivity contribution in [1.29, 1.82) is 0 Å². The average Bonchev–Trinajstić information content (AvgIpc) is 2.38. The van der Waals surface area contributed by atoms with Gasteiger partial charge < -0.3 is 9.64 Å². The summed E-state index contributed by atoms with van der Waals surface area (Å²) in [4.78, 5) is 6.44. The molecule has 1 saturated heterocycles. The molecule has 3 nitrogen and oxygen atoms in total. The van der Waals surface area contributed by atoms with Crippen molar-refractivity contribution in [3.05, 3.63) is 18.3 Å². The maximum atomic E-state index is 12.7. The second-order valence-corrected chi connectivity index (χ2v) is 4.14. The lowest BCUT2D eigenvalue weighted by molar-refractivity contribution is 0.313. The van der Waals surface area contributed by atoms with Gasteiger partial charge in [-0.3, -0.25) is 4.39 Å². The molecule has 16 heavy (non-hydrogen) atoms. The zero-order valence-corrected chi connectivity index (χ0v) is 9.53. The molecule has 0 N–H and O–H groups in total. The molecule has 1 unspecified atom stereocenters.